The largest absolute Gasteiger partial charge is 0.496 e. The summed E-state index contributed by atoms with van der Waals surface area (Å²) in [6.07, 6.45) is 1.39. The number of rotatable bonds is 8. The molecule has 0 saturated carbocycles. The van der Waals surface area contributed by atoms with Gasteiger partial charge in [-0.1, -0.05) is 54.6 Å². The SMILES string of the molecule is COc1ccccc1/C=C/C(=O)OC(C(=O)Nc1ccc(C)cc1[N+](=O)[O-])c1ccccc1. The number of esters is 1. The lowest BCUT2D eigenvalue weighted by molar-refractivity contribution is -0.384. The Bertz CT molecular complexity index is 1190. The summed E-state index contributed by atoms with van der Waals surface area (Å²) >= 11 is 0. The quantitative estimate of drug-likeness (QED) is 0.229. The molecule has 3 rings (SSSR count). The minimum absolute atomic E-state index is 0.0112. The van der Waals surface area contributed by atoms with E-state index in [1.54, 1.807) is 67.6 Å². The highest BCUT2D eigenvalue weighted by molar-refractivity contribution is 5.99. The topological polar surface area (TPSA) is 108 Å². The molecule has 1 amide bonds. The van der Waals surface area contributed by atoms with Crippen molar-refractivity contribution in [3.8, 4) is 5.75 Å². The minimum atomic E-state index is -1.32. The van der Waals surface area contributed by atoms with Crippen molar-refractivity contribution in [3.05, 3.63) is 106 Å². The average Bonchev–Trinajstić information content (AvgIpc) is 2.82. The maximum Gasteiger partial charge on any atom is 0.331 e. The molecule has 0 radical (unpaired) electrons. The van der Waals surface area contributed by atoms with Gasteiger partial charge in [-0.3, -0.25) is 14.9 Å². The van der Waals surface area contributed by atoms with Crippen molar-refractivity contribution in [2.24, 2.45) is 0 Å². The van der Waals surface area contributed by atoms with Gasteiger partial charge in [0.25, 0.3) is 11.6 Å². The number of benzene rings is 3. The zero-order valence-electron chi connectivity index (χ0n) is 18.1. The van der Waals surface area contributed by atoms with E-state index in [-0.39, 0.29) is 11.4 Å². The Kier molecular flexibility index (Phi) is 7.54. The van der Waals surface area contributed by atoms with Crippen molar-refractivity contribution in [1.82, 2.24) is 0 Å². The highest BCUT2D eigenvalue weighted by atomic mass is 16.6. The minimum Gasteiger partial charge on any atom is -0.496 e. The molecule has 0 aliphatic heterocycles. The second kappa shape index (κ2) is 10.7. The fourth-order valence-corrected chi connectivity index (χ4v) is 3.11. The molecule has 0 spiro atoms. The van der Waals surface area contributed by atoms with E-state index in [9.17, 15) is 19.7 Å². The van der Waals surface area contributed by atoms with E-state index in [1.165, 1.54) is 31.4 Å². The Morgan fingerprint density at radius 2 is 1.73 bits per heavy atom. The van der Waals surface area contributed by atoms with Crippen LogP contribution in [0.15, 0.2) is 78.9 Å². The van der Waals surface area contributed by atoms with E-state index in [0.29, 0.717) is 22.4 Å². The van der Waals surface area contributed by atoms with E-state index >= 15 is 0 Å². The van der Waals surface area contributed by atoms with Crippen LogP contribution in [0, 0.1) is 17.0 Å². The van der Waals surface area contributed by atoms with Gasteiger partial charge in [0.15, 0.2) is 0 Å². The first-order chi connectivity index (χ1) is 15.9. The summed E-state index contributed by atoms with van der Waals surface area (Å²) in [6.45, 7) is 1.71. The number of ether oxygens (including phenoxy) is 2. The molecule has 0 aromatic heterocycles. The number of para-hydroxylation sites is 1. The lowest BCUT2D eigenvalue weighted by Gasteiger charge is -2.17. The number of amides is 1. The molecular formula is C25H22N2O6. The Labute approximate surface area is 190 Å². The average molecular weight is 446 g/mol. The first kappa shape index (κ1) is 23.2. The van der Waals surface area contributed by atoms with Crippen LogP contribution in [0.5, 0.6) is 5.75 Å². The van der Waals surface area contributed by atoms with Crippen LogP contribution in [0.1, 0.15) is 22.8 Å². The number of nitro benzene ring substituents is 1. The number of nitrogens with zero attached hydrogens (tertiary/aromatic N) is 1. The maximum atomic E-state index is 13.0. The first-order valence-electron chi connectivity index (χ1n) is 10.0. The number of anilines is 1. The highest BCUT2D eigenvalue weighted by Gasteiger charge is 2.26. The third-order valence-corrected chi connectivity index (χ3v) is 4.72. The van der Waals surface area contributed by atoms with Gasteiger partial charge >= 0.3 is 5.97 Å². The van der Waals surface area contributed by atoms with Gasteiger partial charge in [0.05, 0.1) is 12.0 Å². The van der Waals surface area contributed by atoms with Gasteiger partial charge in [-0.25, -0.2) is 4.79 Å². The predicted molar refractivity (Wildman–Crippen MR) is 124 cm³/mol. The Balaban J connectivity index is 1.84. The molecule has 0 bridgehead atoms. The smallest absolute Gasteiger partial charge is 0.331 e. The van der Waals surface area contributed by atoms with E-state index < -0.39 is 22.9 Å². The van der Waals surface area contributed by atoms with Gasteiger partial charge in [0.1, 0.15) is 11.4 Å². The summed E-state index contributed by atoms with van der Waals surface area (Å²) < 4.78 is 10.7. The summed E-state index contributed by atoms with van der Waals surface area (Å²) in [5.74, 6) is -0.902. The molecule has 0 aliphatic carbocycles. The molecule has 0 aliphatic rings. The molecule has 1 N–H and O–H groups in total. The van der Waals surface area contributed by atoms with Crippen molar-refractivity contribution in [1.29, 1.82) is 0 Å². The van der Waals surface area contributed by atoms with E-state index in [2.05, 4.69) is 5.32 Å². The Hall–Kier alpha value is -4.46. The van der Waals surface area contributed by atoms with Crippen molar-refractivity contribution >= 4 is 29.3 Å². The fraction of sp³-hybridized carbons (Fsp3) is 0.120. The monoisotopic (exact) mass is 446 g/mol. The molecule has 1 unspecified atom stereocenters. The van der Waals surface area contributed by atoms with Crippen molar-refractivity contribution < 1.29 is 24.0 Å². The number of nitrogens with one attached hydrogen (secondary N) is 1. The Morgan fingerprint density at radius 3 is 2.42 bits per heavy atom. The van der Waals surface area contributed by atoms with Gasteiger partial charge in [0, 0.05) is 23.3 Å². The van der Waals surface area contributed by atoms with Crippen LogP contribution >= 0.6 is 0 Å². The number of methoxy groups -OCH3 is 1. The van der Waals surface area contributed by atoms with Crippen molar-refractivity contribution in [2.45, 2.75) is 13.0 Å². The third kappa shape index (κ3) is 6.04. The zero-order valence-corrected chi connectivity index (χ0v) is 18.1. The number of aryl methyl sites for hydroxylation is 1. The Morgan fingerprint density at radius 1 is 1.03 bits per heavy atom. The summed E-state index contributed by atoms with van der Waals surface area (Å²) in [5.41, 5.74) is 1.51. The zero-order chi connectivity index (χ0) is 23.8. The first-order valence-corrected chi connectivity index (χ1v) is 10.0. The van der Waals surface area contributed by atoms with Crippen LogP contribution in [-0.2, 0) is 14.3 Å². The number of hydrogen-bond acceptors (Lipinski definition) is 6. The second-order valence-electron chi connectivity index (χ2n) is 7.07. The maximum absolute atomic E-state index is 13.0. The molecule has 1 atom stereocenters. The summed E-state index contributed by atoms with van der Waals surface area (Å²) in [4.78, 5) is 36.4. The number of hydrogen-bond donors (Lipinski definition) is 1. The fourth-order valence-electron chi connectivity index (χ4n) is 3.11. The molecular weight excluding hydrogens is 424 g/mol. The van der Waals surface area contributed by atoms with Crippen LogP contribution < -0.4 is 10.1 Å². The molecule has 3 aromatic rings. The van der Waals surface area contributed by atoms with Crippen LogP contribution in [-0.4, -0.2) is 23.9 Å². The predicted octanol–water partition coefficient (Wildman–Crippen LogP) is 4.85. The highest BCUT2D eigenvalue weighted by Crippen LogP contribution is 2.28. The molecule has 8 heteroatoms. The van der Waals surface area contributed by atoms with Crippen molar-refractivity contribution in [3.63, 3.8) is 0 Å². The molecule has 33 heavy (non-hydrogen) atoms. The summed E-state index contributed by atoms with van der Waals surface area (Å²) in [7, 11) is 1.52. The number of carbonyl (C=O) groups excluding carboxylic acids is 2. The van der Waals surface area contributed by atoms with Gasteiger partial charge in [-0.2, -0.15) is 0 Å². The molecule has 8 nitrogen and oxygen atoms in total. The van der Waals surface area contributed by atoms with Gasteiger partial charge in [0.2, 0.25) is 6.10 Å². The number of nitro groups is 1. The van der Waals surface area contributed by atoms with Crippen molar-refractivity contribution in [2.75, 3.05) is 12.4 Å². The van der Waals surface area contributed by atoms with Crippen LogP contribution in [0.25, 0.3) is 6.08 Å². The van der Waals surface area contributed by atoms with E-state index in [4.69, 9.17) is 9.47 Å². The summed E-state index contributed by atoms with van der Waals surface area (Å²) in [5, 5.41) is 13.9. The molecule has 168 valence electrons. The molecule has 0 heterocycles. The van der Waals surface area contributed by atoms with Crippen LogP contribution in [0.2, 0.25) is 0 Å². The normalized spacial score (nSPS) is 11.6. The second-order valence-corrected chi connectivity index (χ2v) is 7.07. The third-order valence-electron chi connectivity index (χ3n) is 4.72. The van der Waals surface area contributed by atoms with Crippen LogP contribution in [0.3, 0.4) is 0 Å². The standard InChI is InChI=1S/C25H22N2O6/c1-17-12-14-20(21(16-17)27(30)31)26-25(29)24(19-9-4-3-5-10-19)33-23(28)15-13-18-8-6-7-11-22(18)32-2/h3-16,24H,1-2H3,(H,26,29)/b15-13+. The molecule has 0 saturated heterocycles. The van der Waals surface area contributed by atoms with E-state index in [0.717, 1.165) is 0 Å². The van der Waals surface area contributed by atoms with Gasteiger partial charge in [-0.15, -0.1) is 0 Å². The van der Waals surface area contributed by atoms with Gasteiger partial charge in [-0.05, 0) is 30.7 Å². The molecule has 0 fully saturated rings. The van der Waals surface area contributed by atoms with Crippen LogP contribution in [0.4, 0.5) is 11.4 Å². The van der Waals surface area contributed by atoms with Gasteiger partial charge < -0.3 is 14.8 Å². The number of carbonyl (C=O) groups is 2. The van der Waals surface area contributed by atoms with E-state index in [1.807, 2.05) is 0 Å². The lowest BCUT2D eigenvalue weighted by Crippen LogP contribution is -2.25. The lowest BCUT2D eigenvalue weighted by atomic mass is 10.1. The summed E-state index contributed by atoms with van der Waals surface area (Å²) in [6, 6.07) is 20.0. The molecule has 3 aromatic carbocycles.